The summed E-state index contributed by atoms with van der Waals surface area (Å²) in [7, 11) is 2.04. The Bertz CT molecular complexity index is 1070. The van der Waals surface area contributed by atoms with E-state index in [0.29, 0.717) is 24.7 Å². The van der Waals surface area contributed by atoms with Gasteiger partial charge in [-0.15, -0.1) is 0 Å². The monoisotopic (exact) mass is 435 g/mol. The number of nitrogens with zero attached hydrogens (tertiary/aromatic N) is 3. The highest BCUT2D eigenvalue weighted by molar-refractivity contribution is 5.97. The van der Waals surface area contributed by atoms with E-state index in [9.17, 15) is 9.18 Å². The van der Waals surface area contributed by atoms with E-state index in [1.807, 2.05) is 48.3 Å². The second kappa shape index (κ2) is 9.78. The third-order valence-corrected chi connectivity index (χ3v) is 5.51. The van der Waals surface area contributed by atoms with E-state index < -0.39 is 11.9 Å². The molecule has 32 heavy (non-hydrogen) atoms. The van der Waals surface area contributed by atoms with Crippen molar-refractivity contribution in [1.82, 2.24) is 9.88 Å². The highest BCUT2D eigenvalue weighted by Crippen LogP contribution is 2.35. The van der Waals surface area contributed by atoms with Crippen LogP contribution in [0.5, 0.6) is 11.5 Å². The zero-order chi connectivity index (χ0) is 22.5. The van der Waals surface area contributed by atoms with E-state index in [2.05, 4.69) is 9.88 Å². The van der Waals surface area contributed by atoms with Gasteiger partial charge in [0.05, 0.1) is 0 Å². The molecule has 0 atom stereocenters. The second-order valence-corrected chi connectivity index (χ2v) is 7.82. The molecule has 0 spiro atoms. The van der Waals surface area contributed by atoms with Gasteiger partial charge in [-0.3, -0.25) is 0 Å². The first kappa shape index (κ1) is 21.8. The van der Waals surface area contributed by atoms with Crippen LogP contribution < -0.4 is 14.4 Å². The summed E-state index contributed by atoms with van der Waals surface area (Å²) in [5.41, 5.74) is 1.10. The number of hydrogen-bond donors (Lipinski definition) is 0. The van der Waals surface area contributed by atoms with Crippen LogP contribution in [0.25, 0.3) is 0 Å². The minimum atomic E-state index is -0.703. The summed E-state index contributed by atoms with van der Waals surface area (Å²) in [5, 5.41) is 0. The molecule has 1 aromatic heterocycles. The van der Waals surface area contributed by atoms with Crippen molar-refractivity contribution in [2.75, 3.05) is 38.1 Å². The molecule has 166 valence electrons. The number of pyridine rings is 1. The van der Waals surface area contributed by atoms with Crippen molar-refractivity contribution in [1.29, 1.82) is 0 Å². The number of hydrogen-bond acceptors (Lipinski definition) is 6. The number of carbonyl (C=O) groups excluding carboxylic acids is 1. The predicted molar refractivity (Wildman–Crippen MR) is 121 cm³/mol. The first-order valence-electron chi connectivity index (χ1n) is 10.6. The maximum absolute atomic E-state index is 14.9. The molecule has 1 aliphatic rings. The number of para-hydroxylation sites is 1. The number of anilines is 1. The lowest BCUT2D eigenvalue weighted by atomic mass is 10.1. The Morgan fingerprint density at radius 2 is 1.62 bits per heavy atom. The van der Waals surface area contributed by atoms with Crippen LogP contribution in [0.3, 0.4) is 0 Å². The van der Waals surface area contributed by atoms with Crippen molar-refractivity contribution in [2.45, 2.75) is 13.5 Å². The molecule has 0 radical (unpaired) electrons. The van der Waals surface area contributed by atoms with Crippen LogP contribution in [0.1, 0.15) is 21.5 Å². The van der Waals surface area contributed by atoms with E-state index in [-0.39, 0.29) is 23.5 Å². The largest absolute Gasteiger partial charge is 0.484 e. The van der Waals surface area contributed by atoms with Crippen LogP contribution >= 0.6 is 0 Å². The Morgan fingerprint density at radius 3 is 2.28 bits per heavy atom. The number of likely N-dealkylation sites (N-methyl/N-ethyl adjacent to an activating group) is 1. The molecular formula is C25H26FN3O3. The van der Waals surface area contributed by atoms with Gasteiger partial charge in [0.1, 0.15) is 17.9 Å². The van der Waals surface area contributed by atoms with Crippen molar-refractivity contribution < 1.29 is 18.7 Å². The molecule has 0 bridgehead atoms. The van der Waals surface area contributed by atoms with Gasteiger partial charge in [-0.05, 0) is 31.7 Å². The molecule has 1 saturated heterocycles. The van der Waals surface area contributed by atoms with Crippen LogP contribution in [0.15, 0.2) is 60.7 Å². The maximum atomic E-state index is 14.9. The van der Waals surface area contributed by atoms with Crippen LogP contribution in [0.2, 0.25) is 0 Å². The minimum Gasteiger partial charge on any atom is -0.484 e. The number of ether oxygens (including phenoxy) is 2. The van der Waals surface area contributed by atoms with Crippen molar-refractivity contribution in [3.05, 3.63) is 83.3 Å². The molecule has 0 unspecified atom stereocenters. The van der Waals surface area contributed by atoms with Gasteiger partial charge in [-0.1, -0.05) is 48.5 Å². The lowest BCUT2D eigenvalue weighted by Crippen LogP contribution is -2.45. The van der Waals surface area contributed by atoms with E-state index in [4.69, 9.17) is 9.47 Å². The number of halogens is 1. The van der Waals surface area contributed by atoms with Crippen LogP contribution in [0, 0.1) is 12.9 Å². The zero-order valence-corrected chi connectivity index (χ0v) is 18.3. The van der Waals surface area contributed by atoms with Gasteiger partial charge in [-0.25, -0.2) is 4.79 Å². The summed E-state index contributed by atoms with van der Waals surface area (Å²) < 4.78 is 26.6. The normalized spacial score (nSPS) is 14.3. The number of esters is 1. The molecule has 1 fully saturated rings. The van der Waals surface area contributed by atoms with E-state index >= 15 is 0 Å². The Balaban J connectivity index is 1.74. The molecule has 2 heterocycles. The third kappa shape index (κ3) is 4.89. The molecule has 1 aliphatic heterocycles. The fourth-order valence-corrected chi connectivity index (χ4v) is 3.60. The second-order valence-electron chi connectivity index (χ2n) is 7.82. The minimum absolute atomic E-state index is 0.0613. The average Bonchev–Trinajstić information content (AvgIpc) is 2.81. The SMILES string of the molecule is Cc1c(F)nc(N2CCN(C)CC2)c(OCc2ccccc2)c1C(=O)Oc1ccccc1. The van der Waals surface area contributed by atoms with Crippen molar-refractivity contribution in [3.8, 4) is 11.5 Å². The zero-order valence-electron chi connectivity index (χ0n) is 18.3. The first-order chi connectivity index (χ1) is 15.5. The standard InChI is InChI=1S/C25H26FN3O3/c1-18-21(25(30)32-20-11-7-4-8-12-20)22(31-17-19-9-5-3-6-10-19)24(27-23(18)26)29-15-13-28(2)14-16-29/h3-12H,13-17H2,1-2H3. The van der Waals surface area contributed by atoms with Crippen LogP contribution in [-0.2, 0) is 6.61 Å². The predicted octanol–water partition coefficient (Wildman–Crippen LogP) is 4.08. The molecule has 6 nitrogen and oxygen atoms in total. The Kier molecular flexibility index (Phi) is 6.66. The van der Waals surface area contributed by atoms with Crippen molar-refractivity contribution in [2.24, 2.45) is 0 Å². The van der Waals surface area contributed by atoms with Crippen molar-refractivity contribution in [3.63, 3.8) is 0 Å². The van der Waals surface area contributed by atoms with E-state index in [1.54, 1.807) is 24.3 Å². The smallest absolute Gasteiger partial charge is 0.347 e. The molecular weight excluding hydrogens is 409 g/mol. The molecule has 0 N–H and O–H groups in total. The number of carbonyl (C=O) groups is 1. The van der Waals surface area contributed by atoms with Gasteiger partial charge in [0.2, 0.25) is 5.95 Å². The summed E-state index contributed by atoms with van der Waals surface area (Å²) in [5.74, 6) is -0.418. The van der Waals surface area contributed by atoms with Crippen molar-refractivity contribution >= 4 is 11.8 Å². The van der Waals surface area contributed by atoms with Gasteiger partial charge in [0.25, 0.3) is 0 Å². The highest BCUT2D eigenvalue weighted by Gasteiger charge is 2.29. The highest BCUT2D eigenvalue weighted by atomic mass is 19.1. The molecule has 2 aromatic carbocycles. The lowest BCUT2D eigenvalue weighted by Gasteiger charge is -2.34. The van der Waals surface area contributed by atoms with Gasteiger partial charge in [0, 0.05) is 31.7 Å². The fraction of sp³-hybridized carbons (Fsp3) is 0.280. The third-order valence-electron chi connectivity index (χ3n) is 5.51. The summed E-state index contributed by atoms with van der Waals surface area (Å²) >= 11 is 0. The Morgan fingerprint density at radius 1 is 1.00 bits per heavy atom. The van der Waals surface area contributed by atoms with Gasteiger partial charge >= 0.3 is 5.97 Å². The van der Waals surface area contributed by atoms with Gasteiger partial charge in [-0.2, -0.15) is 9.37 Å². The average molecular weight is 435 g/mol. The molecule has 0 aliphatic carbocycles. The quantitative estimate of drug-likeness (QED) is 0.330. The van der Waals surface area contributed by atoms with Gasteiger partial charge in [0.15, 0.2) is 11.6 Å². The lowest BCUT2D eigenvalue weighted by molar-refractivity contribution is 0.0728. The van der Waals surface area contributed by atoms with Crippen LogP contribution in [-0.4, -0.2) is 49.1 Å². The fourth-order valence-electron chi connectivity index (χ4n) is 3.60. The summed E-state index contributed by atoms with van der Waals surface area (Å²) in [6, 6.07) is 18.3. The van der Waals surface area contributed by atoms with Gasteiger partial charge < -0.3 is 19.3 Å². The summed E-state index contributed by atoms with van der Waals surface area (Å²) in [6.07, 6.45) is 0. The molecule has 3 aromatic rings. The summed E-state index contributed by atoms with van der Waals surface area (Å²) in [4.78, 5) is 21.5. The number of piperazine rings is 1. The summed E-state index contributed by atoms with van der Waals surface area (Å²) in [6.45, 7) is 4.66. The molecule has 4 rings (SSSR count). The number of rotatable bonds is 6. The van der Waals surface area contributed by atoms with Crippen LogP contribution in [0.4, 0.5) is 10.2 Å². The molecule has 0 saturated carbocycles. The van der Waals surface area contributed by atoms with E-state index in [1.165, 1.54) is 6.92 Å². The molecule has 7 heteroatoms. The molecule has 0 amide bonds. The Labute approximate surface area is 187 Å². The first-order valence-corrected chi connectivity index (χ1v) is 10.6. The Hall–Kier alpha value is -3.45. The number of benzene rings is 2. The topological polar surface area (TPSA) is 54.9 Å². The number of aromatic nitrogens is 1. The van der Waals surface area contributed by atoms with E-state index in [0.717, 1.165) is 18.7 Å². The maximum Gasteiger partial charge on any atom is 0.347 e.